The monoisotopic (exact) mass is 401 g/mol. The molecule has 2 fully saturated rings. The number of nitrogens with one attached hydrogen (secondary N) is 3. The maximum absolute atomic E-state index is 11.8. The van der Waals surface area contributed by atoms with Gasteiger partial charge in [0.05, 0.1) is 32.5 Å². The van der Waals surface area contributed by atoms with Crippen LogP contribution in [0.3, 0.4) is 0 Å². The van der Waals surface area contributed by atoms with Crippen molar-refractivity contribution < 1.29 is 19.2 Å². The summed E-state index contributed by atoms with van der Waals surface area (Å²) < 4.78 is 13.7. The first-order valence-corrected chi connectivity index (χ1v) is 10.2. The van der Waals surface area contributed by atoms with Crippen LogP contribution in [0.25, 0.3) is 0 Å². The molecule has 2 amide bonds. The molecule has 29 heavy (non-hydrogen) atoms. The number of carbonyl (C=O) groups excluding carboxylic acids is 1. The van der Waals surface area contributed by atoms with E-state index in [0.717, 1.165) is 18.8 Å². The zero-order valence-corrected chi connectivity index (χ0v) is 16.9. The van der Waals surface area contributed by atoms with Crippen LogP contribution in [0, 0.1) is 0 Å². The number of rotatable bonds is 7. The molecule has 156 valence electrons. The van der Waals surface area contributed by atoms with Crippen LogP contribution >= 0.6 is 0 Å². The zero-order valence-electron chi connectivity index (χ0n) is 16.9. The number of quaternary nitrogens is 1. The molecule has 5 atom stereocenters. The van der Waals surface area contributed by atoms with Gasteiger partial charge in [-0.15, -0.1) is 5.10 Å². The topological polar surface area (TPSA) is 94.7 Å². The Morgan fingerprint density at radius 1 is 1.21 bits per heavy atom. The van der Waals surface area contributed by atoms with Gasteiger partial charge in [0, 0.05) is 12.1 Å². The molecule has 2 aromatic rings. The van der Waals surface area contributed by atoms with Gasteiger partial charge in [-0.1, -0.05) is 35.5 Å². The van der Waals surface area contributed by atoms with Crippen molar-refractivity contribution >= 4 is 6.03 Å². The third kappa shape index (κ3) is 4.58. The molecule has 4 rings (SSSR count). The maximum Gasteiger partial charge on any atom is 0.315 e. The Balaban J connectivity index is 1.33. The van der Waals surface area contributed by atoms with Crippen molar-refractivity contribution in [1.82, 2.24) is 25.6 Å². The van der Waals surface area contributed by atoms with Crippen LogP contribution < -0.4 is 15.5 Å². The lowest BCUT2D eigenvalue weighted by Crippen LogP contribution is -3.06. The Morgan fingerprint density at radius 3 is 2.79 bits per heavy atom. The number of urea groups is 1. The highest BCUT2D eigenvalue weighted by Crippen LogP contribution is 2.33. The largest absolute Gasteiger partial charge is 0.371 e. The molecular weight excluding hydrogens is 372 g/mol. The van der Waals surface area contributed by atoms with E-state index in [1.54, 1.807) is 0 Å². The molecule has 0 saturated carbocycles. The van der Waals surface area contributed by atoms with Gasteiger partial charge >= 0.3 is 6.03 Å². The normalized spacial score (nSPS) is 26.8. The summed E-state index contributed by atoms with van der Waals surface area (Å²) in [5.74, 6) is 0. The third-order valence-electron chi connectivity index (χ3n) is 5.41. The number of fused-ring (bicyclic) bond motifs is 1. The van der Waals surface area contributed by atoms with Crippen molar-refractivity contribution in [2.45, 2.75) is 44.3 Å². The average molecular weight is 401 g/mol. The molecular formula is C20H29N6O3+. The Bertz CT molecular complexity index is 814. The number of benzene rings is 1. The van der Waals surface area contributed by atoms with E-state index in [9.17, 15) is 4.79 Å². The predicted octanol–water partition coefficient (Wildman–Crippen LogP) is -0.481. The molecule has 9 heteroatoms. The zero-order chi connectivity index (χ0) is 20.2. The molecule has 0 aliphatic carbocycles. The molecule has 1 unspecified atom stereocenters. The number of amides is 2. The molecule has 2 aliphatic heterocycles. The number of aromatic nitrogens is 3. The summed E-state index contributed by atoms with van der Waals surface area (Å²) >= 11 is 0. The first-order valence-electron chi connectivity index (χ1n) is 10.2. The number of hydrogen-bond donors (Lipinski definition) is 3. The number of nitrogens with zero attached hydrogens (tertiary/aromatic N) is 3. The van der Waals surface area contributed by atoms with Crippen molar-refractivity contribution in [3.63, 3.8) is 0 Å². The minimum absolute atomic E-state index is 0.0308. The van der Waals surface area contributed by atoms with Crippen LogP contribution in [0.1, 0.15) is 24.2 Å². The second-order valence-corrected chi connectivity index (χ2v) is 7.76. The second-order valence-electron chi connectivity index (χ2n) is 7.76. The van der Waals surface area contributed by atoms with E-state index in [1.807, 2.05) is 23.9 Å². The van der Waals surface area contributed by atoms with Crippen molar-refractivity contribution in [3.8, 4) is 0 Å². The van der Waals surface area contributed by atoms with E-state index in [1.165, 1.54) is 10.5 Å². The van der Waals surface area contributed by atoms with Crippen LogP contribution in [0.4, 0.5) is 4.79 Å². The fourth-order valence-corrected chi connectivity index (χ4v) is 4.08. The van der Waals surface area contributed by atoms with Gasteiger partial charge in [-0.25, -0.2) is 9.48 Å². The summed E-state index contributed by atoms with van der Waals surface area (Å²) in [7, 11) is 2.15. The summed E-state index contributed by atoms with van der Waals surface area (Å²) in [6.45, 7) is 5.13. The molecule has 3 N–H and O–H groups in total. The minimum atomic E-state index is -0.193. The highest BCUT2D eigenvalue weighted by molar-refractivity contribution is 5.74. The fourth-order valence-electron chi connectivity index (χ4n) is 4.08. The second kappa shape index (κ2) is 8.89. The standard InChI is InChI=1S/C20H28N6O3/c1-3-21-20(27)22-16-12-28-19-17(13-29-18(16)19)26-11-15(23-24-26)10-25(2)9-14-7-5-4-6-8-14/h4-8,11,16-19H,3,9-10,12-13H2,1-2H3,(H2,21,22,27)/p+1/t16-,17-,18+,19+/m0/s1. The summed E-state index contributed by atoms with van der Waals surface area (Å²) in [6, 6.07) is 10.1. The molecule has 1 aromatic heterocycles. The molecule has 2 aliphatic rings. The predicted molar refractivity (Wildman–Crippen MR) is 105 cm³/mol. The molecule has 1 aromatic carbocycles. The van der Waals surface area contributed by atoms with Crippen LogP contribution in [0.2, 0.25) is 0 Å². The highest BCUT2D eigenvalue weighted by Gasteiger charge is 2.49. The molecule has 0 bridgehead atoms. The Labute approximate surface area is 170 Å². The van der Waals surface area contributed by atoms with Gasteiger partial charge in [0.25, 0.3) is 0 Å². The van der Waals surface area contributed by atoms with Crippen LogP contribution in [-0.4, -0.2) is 66.1 Å². The van der Waals surface area contributed by atoms with Gasteiger partial charge < -0.3 is 25.0 Å². The minimum Gasteiger partial charge on any atom is -0.371 e. The first-order chi connectivity index (χ1) is 14.1. The van der Waals surface area contributed by atoms with Crippen LogP contribution in [-0.2, 0) is 22.6 Å². The molecule has 0 spiro atoms. The molecule has 0 radical (unpaired) electrons. The number of ether oxygens (including phenoxy) is 2. The van der Waals surface area contributed by atoms with E-state index in [4.69, 9.17) is 9.47 Å². The van der Waals surface area contributed by atoms with Crippen molar-refractivity contribution in [1.29, 1.82) is 0 Å². The fraction of sp³-hybridized carbons (Fsp3) is 0.550. The van der Waals surface area contributed by atoms with E-state index in [2.05, 4.69) is 52.3 Å². The molecule has 9 nitrogen and oxygen atoms in total. The van der Waals surface area contributed by atoms with Crippen molar-refractivity contribution in [2.75, 3.05) is 26.8 Å². The molecule has 3 heterocycles. The van der Waals surface area contributed by atoms with Crippen molar-refractivity contribution in [2.24, 2.45) is 0 Å². The number of hydrogen-bond acceptors (Lipinski definition) is 5. The lowest BCUT2D eigenvalue weighted by molar-refractivity contribution is -0.908. The van der Waals surface area contributed by atoms with E-state index < -0.39 is 0 Å². The first kappa shape index (κ1) is 19.8. The Hall–Kier alpha value is -2.49. The average Bonchev–Trinajstić information content (AvgIpc) is 3.40. The molecule has 2 saturated heterocycles. The Kier molecular flexibility index (Phi) is 6.08. The summed E-state index contributed by atoms with van der Waals surface area (Å²) in [4.78, 5) is 13.2. The lowest BCUT2D eigenvalue weighted by Gasteiger charge is -2.17. The Morgan fingerprint density at radius 2 is 2.00 bits per heavy atom. The smallest absolute Gasteiger partial charge is 0.315 e. The van der Waals surface area contributed by atoms with E-state index in [0.29, 0.717) is 19.8 Å². The van der Waals surface area contributed by atoms with E-state index >= 15 is 0 Å². The van der Waals surface area contributed by atoms with Gasteiger partial charge in [-0.3, -0.25) is 0 Å². The third-order valence-corrected chi connectivity index (χ3v) is 5.41. The van der Waals surface area contributed by atoms with Crippen molar-refractivity contribution in [3.05, 3.63) is 47.8 Å². The SMILES string of the molecule is CCNC(=O)N[C@H]1CO[C@H]2[C@@H]1OC[C@@H]2n1cc(C[NH+](C)Cc2ccccc2)nn1. The summed E-state index contributed by atoms with van der Waals surface area (Å²) in [5.41, 5.74) is 2.24. The van der Waals surface area contributed by atoms with Gasteiger partial charge in [-0.05, 0) is 6.92 Å². The van der Waals surface area contributed by atoms with Crippen LogP contribution in [0.15, 0.2) is 36.5 Å². The van der Waals surface area contributed by atoms with Gasteiger partial charge in [0.2, 0.25) is 0 Å². The summed E-state index contributed by atoms with van der Waals surface area (Å²) in [5, 5.41) is 14.3. The van der Waals surface area contributed by atoms with Crippen LogP contribution in [0.5, 0.6) is 0 Å². The van der Waals surface area contributed by atoms with E-state index in [-0.39, 0.29) is 30.3 Å². The van der Waals surface area contributed by atoms with Gasteiger partial charge in [0.1, 0.15) is 37.0 Å². The number of carbonyl (C=O) groups is 1. The quantitative estimate of drug-likeness (QED) is 0.583. The summed E-state index contributed by atoms with van der Waals surface area (Å²) in [6.07, 6.45) is 1.69. The highest BCUT2D eigenvalue weighted by atomic mass is 16.6. The maximum atomic E-state index is 11.8. The van der Waals surface area contributed by atoms with Gasteiger partial charge in [-0.2, -0.15) is 0 Å². The van der Waals surface area contributed by atoms with Gasteiger partial charge in [0.15, 0.2) is 0 Å². The lowest BCUT2D eigenvalue weighted by atomic mass is 10.1.